The number of nitrogens with zero attached hydrogens (tertiary/aromatic N) is 4. The zero-order valence-electron chi connectivity index (χ0n) is 9.79. The van der Waals surface area contributed by atoms with Crippen LogP contribution in [0.3, 0.4) is 0 Å². The highest BCUT2D eigenvalue weighted by molar-refractivity contribution is 5.67. The van der Waals surface area contributed by atoms with Crippen molar-refractivity contribution in [3.63, 3.8) is 0 Å². The number of carboxylic acids is 1. The van der Waals surface area contributed by atoms with Crippen LogP contribution < -0.4 is 0 Å². The second kappa shape index (κ2) is 4.12. The van der Waals surface area contributed by atoms with Crippen LogP contribution in [0.1, 0.15) is 26.1 Å². The van der Waals surface area contributed by atoms with E-state index in [0.29, 0.717) is 6.42 Å². The molecule has 2 heterocycles. The second-order valence-corrected chi connectivity index (χ2v) is 4.84. The number of carboxylic acid groups (broad SMARTS) is 1. The summed E-state index contributed by atoms with van der Waals surface area (Å²) in [6, 6.07) is 1.76. The summed E-state index contributed by atoms with van der Waals surface area (Å²) in [5, 5.41) is 16.9. The van der Waals surface area contributed by atoms with Crippen LogP contribution in [-0.4, -0.2) is 30.7 Å². The quantitative estimate of drug-likeness (QED) is 0.858. The molecule has 0 bridgehead atoms. The average Bonchev–Trinajstić information content (AvgIpc) is 2.59. The largest absolute Gasteiger partial charge is 0.481 e. The van der Waals surface area contributed by atoms with E-state index in [1.54, 1.807) is 23.0 Å². The first kappa shape index (κ1) is 11.5. The minimum Gasteiger partial charge on any atom is -0.481 e. The van der Waals surface area contributed by atoms with Gasteiger partial charge in [-0.15, -0.1) is 10.2 Å². The molecule has 0 spiro atoms. The highest BCUT2D eigenvalue weighted by Crippen LogP contribution is 2.25. The summed E-state index contributed by atoms with van der Waals surface area (Å²) in [5.74, 6) is -0.0682. The molecule has 0 fully saturated rings. The first-order chi connectivity index (χ1) is 7.98. The molecule has 2 rings (SSSR count). The third kappa shape index (κ3) is 2.58. The second-order valence-electron chi connectivity index (χ2n) is 4.84. The molecule has 6 heteroatoms. The normalized spacial score (nSPS) is 11.9. The average molecular weight is 234 g/mol. The third-order valence-corrected chi connectivity index (χ3v) is 2.55. The number of hydrogen-bond donors (Lipinski definition) is 1. The van der Waals surface area contributed by atoms with E-state index >= 15 is 0 Å². The van der Waals surface area contributed by atoms with Gasteiger partial charge >= 0.3 is 5.97 Å². The van der Waals surface area contributed by atoms with Crippen molar-refractivity contribution >= 4 is 11.6 Å². The van der Waals surface area contributed by atoms with Gasteiger partial charge in [0.05, 0.1) is 6.42 Å². The highest BCUT2D eigenvalue weighted by atomic mass is 16.4. The van der Waals surface area contributed by atoms with Gasteiger partial charge in [-0.1, -0.05) is 13.8 Å². The Hall–Kier alpha value is -1.98. The highest BCUT2D eigenvalue weighted by Gasteiger charge is 2.24. The van der Waals surface area contributed by atoms with E-state index in [4.69, 9.17) is 5.11 Å². The lowest BCUT2D eigenvalue weighted by atomic mass is 9.85. The van der Waals surface area contributed by atoms with Crippen molar-refractivity contribution in [3.8, 4) is 0 Å². The van der Waals surface area contributed by atoms with Crippen LogP contribution in [0.4, 0.5) is 0 Å². The predicted octanol–water partition coefficient (Wildman–Crippen LogP) is 1.17. The van der Waals surface area contributed by atoms with Crippen LogP contribution in [-0.2, 0) is 11.2 Å². The van der Waals surface area contributed by atoms with E-state index < -0.39 is 5.97 Å². The molecule has 0 amide bonds. The van der Waals surface area contributed by atoms with Gasteiger partial charge in [0, 0.05) is 18.7 Å². The topological polar surface area (TPSA) is 80.4 Å². The molecule has 0 radical (unpaired) electrons. The minimum atomic E-state index is -0.804. The Bertz CT molecular complexity index is 547. The molecule has 0 aliphatic rings. The molecular weight excluding hydrogens is 220 g/mol. The van der Waals surface area contributed by atoms with Crippen LogP contribution in [0.25, 0.3) is 5.65 Å². The van der Waals surface area contributed by atoms with Crippen molar-refractivity contribution in [2.45, 2.75) is 26.7 Å². The Balaban J connectivity index is 2.26. The summed E-state index contributed by atoms with van der Waals surface area (Å²) in [6.45, 7) is 3.80. The van der Waals surface area contributed by atoms with Gasteiger partial charge in [0.15, 0.2) is 5.65 Å². The molecular formula is C11H14N4O2. The van der Waals surface area contributed by atoms with Gasteiger partial charge in [0.25, 0.3) is 0 Å². The standard InChI is InChI=1S/C11H14N4O2/c1-11(2,6-10(16)17)5-9-14-13-8-3-4-12-7-15(8)9/h3-4,7H,5-6H2,1-2H3,(H,16,17). The molecule has 0 unspecified atom stereocenters. The van der Waals surface area contributed by atoms with Crippen LogP contribution in [0.2, 0.25) is 0 Å². The molecule has 90 valence electrons. The summed E-state index contributed by atoms with van der Waals surface area (Å²) in [6.07, 6.45) is 3.94. The fraction of sp³-hybridized carbons (Fsp3) is 0.455. The number of carbonyl (C=O) groups is 1. The van der Waals surface area contributed by atoms with Gasteiger partial charge < -0.3 is 5.11 Å². The molecule has 0 saturated carbocycles. The molecule has 17 heavy (non-hydrogen) atoms. The molecule has 6 nitrogen and oxygen atoms in total. The van der Waals surface area contributed by atoms with Crippen molar-refractivity contribution in [1.29, 1.82) is 0 Å². The van der Waals surface area contributed by atoms with Crippen molar-refractivity contribution in [2.75, 3.05) is 0 Å². The first-order valence-corrected chi connectivity index (χ1v) is 5.33. The van der Waals surface area contributed by atoms with Gasteiger partial charge in [-0.3, -0.25) is 9.20 Å². The zero-order chi connectivity index (χ0) is 12.5. The number of hydrogen-bond acceptors (Lipinski definition) is 4. The van der Waals surface area contributed by atoms with Crippen molar-refractivity contribution in [1.82, 2.24) is 19.6 Å². The van der Waals surface area contributed by atoms with E-state index in [0.717, 1.165) is 11.5 Å². The van der Waals surface area contributed by atoms with E-state index in [2.05, 4.69) is 15.2 Å². The zero-order valence-corrected chi connectivity index (χ0v) is 9.79. The van der Waals surface area contributed by atoms with Crippen LogP contribution in [0.5, 0.6) is 0 Å². The fourth-order valence-electron chi connectivity index (χ4n) is 1.81. The number of aromatic nitrogens is 4. The number of rotatable bonds is 4. The van der Waals surface area contributed by atoms with Crippen LogP contribution in [0, 0.1) is 5.41 Å². The Morgan fingerprint density at radius 2 is 2.24 bits per heavy atom. The van der Waals surface area contributed by atoms with Crippen molar-refractivity contribution < 1.29 is 9.90 Å². The van der Waals surface area contributed by atoms with Gasteiger partial charge in [0.1, 0.15) is 12.2 Å². The number of aliphatic carboxylic acids is 1. The maximum Gasteiger partial charge on any atom is 0.303 e. The molecule has 0 aliphatic carbocycles. The fourth-order valence-corrected chi connectivity index (χ4v) is 1.81. The van der Waals surface area contributed by atoms with Gasteiger partial charge in [-0.05, 0) is 5.41 Å². The molecule has 0 saturated heterocycles. The lowest BCUT2D eigenvalue weighted by molar-refractivity contribution is -0.139. The Labute approximate surface area is 98.3 Å². The molecule has 0 aliphatic heterocycles. The van der Waals surface area contributed by atoms with Gasteiger partial charge in [-0.25, -0.2) is 4.98 Å². The monoisotopic (exact) mass is 234 g/mol. The summed E-state index contributed by atoms with van der Waals surface area (Å²) in [7, 11) is 0. The van der Waals surface area contributed by atoms with E-state index in [1.807, 2.05) is 13.8 Å². The molecule has 2 aromatic rings. The molecule has 0 atom stereocenters. The summed E-state index contributed by atoms with van der Waals surface area (Å²) in [4.78, 5) is 14.8. The van der Waals surface area contributed by atoms with E-state index in [9.17, 15) is 4.79 Å². The Morgan fingerprint density at radius 1 is 1.47 bits per heavy atom. The predicted molar refractivity (Wildman–Crippen MR) is 60.5 cm³/mol. The Kier molecular flexibility index (Phi) is 2.79. The van der Waals surface area contributed by atoms with Gasteiger partial charge in [0.2, 0.25) is 0 Å². The third-order valence-electron chi connectivity index (χ3n) is 2.55. The van der Waals surface area contributed by atoms with E-state index in [1.165, 1.54) is 0 Å². The first-order valence-electron chi connectivity index (χ1n) is 5.33. The van der Waals surface area contributed by atoms with Crippen molar-refractivity contribution in [3.05, 3.63) is 24.4 Å². The van der Waals surface area contributed by atoms with Crippen LogP contribution >= 0.6 is 0 Å². The minimum absolute atomic E-state index is 0.0994. The Morgan fingerprint density at radius 3 is 2.94 bits per heavy atom. The maximum absolute atomic E-state index is 10.8. The van der Waals surface area contributed by atoms with Crippen LogP contribution in [0.15, 0.2) is 18.6 Å². The lowest BCUT2D eigenvalue weighted by Crippen LogP contribution is -2.21. The molecule has 0 aromatic carbocycles. The lowest BCUT2D eigenvalue weighted by Gasteiger charge is -2.20. The maximum atomic E-state index is 10.8. The van der Waals surface area contributed by atoms with Gasteiger partial charge in [-0.2, -0.15) is 0 Å². The molecule has 2 aromatic heterocycles. The summed E-state index contributed by atoms with van der Waals surface area (Å²) in [5.41, 5.74) is 0.367. The summed E-state index contributed by atoms with van der Waals surface area (Å²) >= 11 is 0. The summed E-state index contributed by atoms with van der Waals surface area (Å²) < 4.78 is 1.78. The smallest absolute Gasteiger partial charge is 0.303 e. The van der Waals surface area contributed by atoms with Crippen molar-refractivity contribution in [2.24, 2.45) is 5.41 Å². The number of fused-ring (bicyclic) bond motifs is 1. The SMILES string of the molecule is CC(C)(CC(=O)O)Cc1nnc2ccncn12. The molecule has 1 N–H and O–H groups in total. The van der Waals surface area contributed by atoms with E-state index in [-0.39, 0.29) is 11.8 Å².